The van der Waals surface area contributed by atoms with Gasteiger partial charge in [0.1, 0.15) is 0 Å². The van der Waals surface area contributed by atoms with Gasteiger partial charge in [0.2, 0.25) is 0 Å². The van der Waals surface area contributed by atoms with E-state index in [2.05, 4.69) is 37.6 Å². The summed E-state index contributed by atoms with van der Waals surface area (Å²) in [5.74, 6) is 0.815. The highest BCUT2D eigenvalue weighted by Gasteiger charge is 1.99. The number of nitrogens with one attached hydrogen (secondary N) is 2. The lowest BCUT2D eigenvalue weighted by molar-refractivity contribution is 0.597. The monoisotopic (exact) mass is 277 g/mol. The van der Waals surface area contributed by atoms with Crippen LogP contribution in [0.3, 0.4) is 0 Å². The van der Waals surface area contributed by atoms with Crippen molar-refractivity contribution >= 4 is 17.3 Å². The molecule has 2 N–H and O–H groups in total. The smallest absolute Gasteiger partial charge is 0.191 e. The summed E-state index contributed by atoms with van der Waals surface area (Å²) in [6.07, 6.45) is 3.90. The predicted octanol–water partition coefficient (Wildman–Crippen LogP) is 1.62. The molecule has 0 saturated carbocycles. The zero-order valence-electron chi connectivity index (χ0n) is 11.3. The topological polar surface area (TPSA) is 54.2 Å². The van der Waals surface area contributed by atoms with Gasteiger partial charge < -0.3 is 10.6 Å². The van der Waals surface area contributed by atoms with Crippen LogP contribution in [-0.4, -0.2) is 29.3 Å². The summed E-state index contributed by atoms with van der Waals surface area (Å²) in [6, 6.07) is 2.11. The largest absolute Gasteiger partial charge is 0.355 e. The van der Waals surface area contributed by atoms with E-state index in [-0.39, 0.29) is 0 Å². The molecule has 0 unspecified atom stereocenters. The average Bonchev–Trinajstić information content (AvgIpc) is 3.05. The van der Waals surface area contributed by atoms with Crippen molar-refractivity contribution < 1.29 is 0 Å². The van der Waals surface area contributed by atoms with E-state index in [4.69, 9.17) is 0 Å². The summed E-state index contributed by atoms with van der Waals surface area (Å²) in [5.41, 5.74) is 2.45. The highest BCUT2D eigenvalue weighted by atomic mass is 32.1. The molecule has 0 fully saturated rings. The van der Waals surface area contributed by atoms with Crippen molar-refractivity contribution in [2.45, 2.75) is 20.0 Å². The van der Waals surface area contributed by atoms with Gasteiger partial charge in [-0.3, -0.25) is 9.67 Å². The molecular weight excluding hydrogens is 258 g/mol. The number of aryl methyl sites for hydroxylation is 1. The SMILES string of the molecule is CN=C(NCCn1cc(C)cn1)NCc1ccsc1. The number of hydrogen-bond donors (Lipinski definition) is 2. The van der Waals surface area contributed by atoms with Gasteiger partial charge in [0, 0.05) is 26.3 Å². The van der Waals surface area contributed by atoms with Gasteiger partial charge in [-0.1, -0.05) is 0 Å². The van der Waals surface area contributed by atoms with Crippen molar-refractivity contribution in [2.75, 3.05) is 13.6 Å². The van der Waals surface area contributed by atoms with E-state index in [1.165, 1.54) is 11.1 Å². The van der Waals surface area contributed by atoms with E-state index in [1.807, 2.05) is 24.0 Å². The number of guanidine groups is 1. The number of nitrogens with zero attached hydrogens (tertiary/aromatic N) is 3. The highest BCUT2D eigenvalue weighted by Crippen LogP contribution is 2.04. The first-order valence-corrected chi connectivity index (χ1v) is 7.17. The summed E-state index contributed by atoms with van der Waals surface area (Å²) in [6.45, 7) is 4.46. The van der Waals surface area contributed by atoms with E-state index < -0.39 is 0 Å². The van der Waals surface area contributed by atoms with Gasteiger partial charge >= 0.3 is 0 Å². The minimum Gasteiger partial charge on any atom is -0.355 e. The van der Waals surface area contributed by atoms with Crippen LogP contribution in [0.4, 0.5) is 0 Å². The minimum absolute atomic E-state index is 0.796. The molecule has 0 atom stereocenters. The Morgan fingerprint density at radius 3 is 3.00 bits per heavy atom. The van der Waals surface area contributed by atoms with Gasteiger partial charge in [0.15, 0.2) is 5.96 Å². The third-order valence-corrected chi connectivity index (χ3v) is 3.39. The Labute approximate surface area is 117 Å². The Balaban J connectivity index is 1.71. The molecule has 2 aromatic heterocycles. The van der Waals surface area contributed by atoms with Crippen molar-refractivity contribution in [3.8, 4) is 0 Å². The van der Waals surface area contributed by atoms with Gasteiger partial charge in [0.05, 0.1) is 12.7 Å². The van der Waals surface area contributed by atoms with Crippen LogP contribution in [0.15, 0.2) is 34.2 Å². The number of aromatic nitrogens is 2. The molecule has 0 radical (unpaired) electrons. The normalized spacial score (nSPS) is 11.6. The fourth-order valence-corrected chi connectivity index (χ4v) is 2.35. The summed E-state index contributed by atoms with van der Waals surface area (Å²) in [5, 5.41) is 15.0. The van der Waals surface area contributed by atoms with Crippen LogP contribution in [0, 0.1) is 6.92 Å². The van der Waals surface area contributed by atoms with Crippen LogP contribution in [0.25, 0.3) is 0 Å². The molecule has 6 heteroatoms. The second-order valence-electron chi connectivity index (χ2n) is 4.26. The number of hydrogen-bond acceptors (Lipinski definition) is 3. The second kappa shape index (κ2) is 6.94. The van der Waals surface area contributed by atoms with Crippen molar-refractivity contribution in [3.63, 3.8) is 0 Å². The second-order valence-corrected chi connectivity index (χ2v) is 5.04. The first-order chi connectivity index (χ1) is 9.28. The standard InChI is InChI=1S/C13H19N5S/c1-11-7-17-18(9-11)5-4-15-13(14-2)16-8-12-3-6-19-10-12/h3,6-7,9-10H,4-5,8H2,1-2H3,(H2,14,15,16). The van der Waals surface area contributed by atoms with Crippen molar-refractivity contribution in [1.29, 1.82) is 0 Å². The van der Waals surface area contributed by atoms with E-state index in [0.717, 1.165) is 25.6 Å². The average molecular weight is 277 g/mol. The van der Waals surface area contributed by atoms with Crippen LogP contribution in [-0.2, 0) is 13.1 Å². The Bertz CT molecular complexity index is 515. The Hall–Kier alpha value is -1.82. The molecule has 2 rings (SSSR count). The van der Waals surface area contributed by atoms with E-state index >= 15 is 0 Å². The molecule has 5 nitrogen and oxygen atoms in total. The van der Waals surface area contributed by atoms with Gasteiger partial charge in [-0.25, -0.2) is 0 Å². The molecule has 19 heavy (non-hydrogen) atoms. The van der Waals surface area contributed by atoms with Crippen LogP contribution in [0.2, 0.25) is 0 Å². The first-order valence-electron chi connectivity index (χ1n) is 6.22. The van der Waals surface area contributed by atoms with E-state index in [0.29, 0.717) is 0 Å². The fraction of sp³-hybridized carbons (Fsp3) is 0.385. The number of aliphatic imine (C=N–C) groups is 1. The summed E-state index contributed by atoms with van der Waals surface area (Å²) >= 11 is 1.70. The lowest BCUT2D eigenvalue weighted by Gasteiger charge is -2.11. The van der Waals surface area contributed by atoms with Crippen LogP contribution >= 0.6 is 11.3 Å². The maximum atomic E-state index is 4.24. The molecule has 2 heterocycles. The third-order valence-electron chi connectivity index (χ3n) is 2.66. The van der Waals surface area contributed by atoms with Gasteiger partial charge in [-0.15, -0.1) is 0 Å². The first kappa shape index (κ1) is 13.6. The molecule has 0 aromatic carbocycles. The van der Waals surface area contributed by atoms with Gasteiger partial charge in [-0.05, 0) is 34.9 Å². The maximum Gasteiger partial charge on any atom is 0.191 e. The zero-order chi connectivity index (χ0) is 13.5. The summed E-state index contributed by atoms with van der Waals surface area (Å²) in [7, 11) is 1.78. The molecule has 0 spiro atoms. The molecule has 2 aromatic rings. The molecule has 0 amide bonds. The lowest BCUT2D eigenvalue weighted by atomic mass is 10.3. The number of rotatable bonds is 5. The van der Waals surface area contributed by atoms with Crippen molar-refractivity contribution in [1.82, 2.24) is 20.4 Å². The Kier molecular flexibility index (Phi) is 4.97. The Morgan fingerprint density at radius 1 is 1.47 bits per heavy atom. The van der Waals surface area contributed by atoms with Crippen molar-refractivity contribution in [3.05, 3.63) is 40.3 Å². The highest BCUT2D eigenvalue weighted by molar-refractivity contribution is 7.07. The summed E-state index contributed by atoms with van der Waals surface area (Å²) in [4.78, 5) is 4.19. The summed E-state index contributed by atoms with van der Waals surface area (Å²) < 4.78 is 1.93. The van der Waals surface area contributed by atoms with Crippen LogP contribution < -0.4 is 10.6 Å². The molecule has 0 bridgehead atoms. The molecule has 0 aliphatic rings. The molecule has 0 aliphatic heterocycles. The predicted molar refractivity (Wildman–Crippen MR) is 79.5 cm³/mol. The van der Waals surface area contributed by atoms with Gasteiger partial charge in [-0.2, -0.15) is 16.4 Å². The van der Waals surface area contributed by atoms with E-state index in [1.54, 1.807) is 18.4 Å². The Morgan fingerprint density at radius 2 is 2.37 bits per heavy atom. The molecular formula is C13H19N5S. The third kappa shape index (κ3) is 4.40. The van der Waals surface area contributed by atoms with Crippen molar-refractivity contribution in [2.24, 2.45) is 4.99 Å². The lowest BCUT2D eigenvalue weighted by Crippen LogP contribution is -2.38. The number of thiophene rings is 1. The molecule has 0 aliphatic carbocycles. The quantitative estimate of drug-likeness (QED) is 0.645. The van der Waals surface area contributed by atoms with Crippen LogP contribution in [0.5, 0.6) is 0 Å². The van der Waals surface area contributed by atoms with E-state index in [9.17, 15) is 0 Å². The maximum absolute atomic E-state index is 4.24. The van der Waals surface area contributed by atoms with Gasteiger partial charge in [0.25, 0.3) is 0 Å². The zero-order valence-corrected chi connectivity index (χ0v) is 12.1. The minimum atomic E-state index is 0.796. The fourth-order valence-electron chi connectivity index (χ4n) is 1.68. The molecule has 102 valence electrons. The molecule has 0 saturated heterocycles. The van der Waals surface area contributed by atoms with Crippen LogP contribution in [0.1, 0.15) is 11.1 Å².